The van der Waals surface area contributed by atoms with Gasteiger partial charge in [-0.15, -0.1) is 0 Å². The van der Waals surface area contributed by atoms with Crippen molar-refractivity contribution in [3.63, 3.8) is 0 Å². The molecule has 0 radical (unpaired) electrons. The molecule has 1 heteroatoms. The minimum Gasteiger partial charge on any atom is -0.396 e. The Bertz CT molecular complexity index is 692. The van der Waals surface area contributed by atoms with Crippen molar-refractivity contribution in [2.24, 2.45) is 57.2 Å². The summed E-state index contributed by atoms with van der Waals surface area (Å²) in [5.74, 6) is 4.60. The fourth-order valence-corrected chi connectivity index (χ4v) is 9.94. The Kier molecular flexibility index (Phi) is 5.61. The number of aliphatic hydroxyl groups excluding tert-OH is 1. The summed E-state index contributed by atoms with van der Waals surface area (Å²) in [5.41, 5.74) is 3.35. The van der Waals surface area contributed by atoms with Crippen molar-refractivity contribution >= 4 is 0 Å². The van der Waals surface area contributed by atoms with E-state index in [4.69, 9.17) is 0 Å². The summed E-state index contributed by atoms with van der Waals surface area (Å²) in [7, 11) is 0. The van der Waals surface area contributed by atoms with E-state index in [0.717, 1.165) is 30.1 Å². The van der Waals surface area contributed by atoms with Crippen molar-refractivity contribution in [2.45, 2.75) is 107 Å². The summed E-state index contributed by atoms with van der Waals surface area (Å²) < 4.78 is 0. The third kappa shape index (κ3) is 2.89. The first kappa shape index (κ1) is 22.9. The molecule has 0 aliphatic heterocycles. The van der Waals surface area contributed by atoms with E-state index in [1.807, 2.05) is 5.57 Å². The monoisotopic (exact) mass is 414 g/mol. The van der Waals surface area contributed by atoms with Crippen LogP contribution in [-0.4, -0.2) is 11.7 Å². The summed E-state index contributed by atoms with van der Waals surface area (Å²) in [6, 6.07) is 0. The first-order chi connectivity index (χ1) is 13.9. The van der Waals surface area contributed by atoms with Crippen LogP contribution >= 0.6 is 0 Å². The zero-order valence-corrected chi connectivity index (χ0v) is 21.4. The van der Waals surface area contributed by atoms with Crippen molar-refractivity contribution in [1.29, 1.82) is 0 Å². The van der Waals surface area contributed by atoms with Crippen molar-refractivity contribution < 1.29 is 5.11 Å². The second-order valence-corrected chi connectivity index (χ2v) is 13.6. The van der Waals surface area contributed by atoms with Gasteiger partial charge in [-0.25, -0.2) is 0 Å². The highest BCUT2D eigenvalue weighted by atomic mass is 16.3. The molecule has 0 bridgehead atoms. The molecule has 4 aliphatic carbocycles. The van der Waals surface area contributed by atoms with E-state index >= 15 is 0 Å². The zero-order valence-electron chi connectivity index (χ0n) is 21.4. The van der Waals surface area contributed by atoms with Crippen LogP contribution in [0.2, 0.25) is 0 Å². The van der Waals surface area contributed by atoms with Crippen LogP contribution in [0.4, 0.5) is 0 Å². The van der Waals surface area contributed by atoms with Crippen molar-refractivity contribution in [3.8, 4) is 0 Å². The van der Waals surface area contributed by atoms with Crippen LogP contribution in [0.15, 0.2) is 11.6 Å². The molecule has 4 rings (SSSR count). The van der Waals surface area contributed by atoms with Crippen molar-refractivity contribution in [3.05, 3.63) is 11.6 Å². The van der Waals surface area contributed by atoms with Gasteiger partial charge in [0.15, 0.2) is 0 Å². The second kappa shape index (κ2) is 7.36. The Morgan fingerprint density at radius 1 is 1.00 bits per heavy atom. The molecular formula is C29H50O. The molecule has 0 saturated heterocycles. The molecule has 9 atom stereocenters. The number of allylic oxidation sites excluding steroid dienone is 2. The van der Waals surface area contributed by atoms with Gasteiger partial charge in [-0.3, -0.25) is 0 Å². The summed E-state index contributed by atoms with van der Waals surface area (Å²) >= 11 is 0. The Balaban J connectivity index is 1.80. The average Bonchev–Trinajstić information content (AvgIpc) is 2.66. The number of aliphatic hydroxyl groups is 1. The van der Waals surface area contributed by atoms with E-state index < -0.39 is 0 Å². The first-order valence-electron chi connectivity index (χ1n) is 13.3. The minimum absolute atomic E-state index is 0.257. The Hall–Kier alpha value is -0.300. The largest absolute Gasteiger partial charge is 0.396 e. The van der Waals surface area contributed by atoms with Gasteiger partial charge in [-0.05, 0) is 109 Å². The molecule has 9 unspecified atom stereocenters. The van der Waals surface area contributed by atoms with Gasteiger partial charge in [0.1, 0.15) is 0 Å². The third-order valence-corrected chi connectivity index (χ3v) is 12.2. The quantitative estimate of drug-likeness (QED) is 0.466. The molecule has 30 heavy (non-hydrogen) atoms. The molecule has 172 valence electrons. The number of hydrogen-bond acceptors (Lipinski definition) is 1. The van der Waals surface area contributed by atoms with Gasteiger partial charge in [-0.1, -0.05) is 67.0 Å². The molecule has 0 spiro atoms. The van der Waals surface area contributed by atoms with Crippen LogP contribution < -0.4 is 0 Å². The number of hydrogen-bond donors (Lipinski definition) is 1. The Morgan fingerprint density at radius 2 is 1.70 bits per heavy atom. The number of rotatable bonds is 3. The van der Waals surface area contributed by atoms with Gasteiger partial charge in [0, 0.05) is 6.61 Å². The smallest absolute Gasteiger partial charge is 0.0436 e. The van der Waals surface area contributed by atoms with Crippen LogP contribution in [0, 0.1) is 57.2 Å². The fraction of sp³-hybridized carbons (Fsp3) is 0.931. The maximum absolute atomic E-state index is 10.1. The number of fused-ring (bicyclic) bond motifs is 5. The average molecular weight is 415 g/mol. The van der Waals surface area contributed by atoms with Crippen molar-refractivity contribution in [1.82, 2.24) is 0 Å². The van der Waals surface area contributed by atoms with E-state index in [9.17, 15) is 5.11 Å². The highest BCUT2D eigenvalue weighted by molar-refractivity contribution is 5.33. The van der Waals surface area contributed by atoms with Gasteiger partial charge in [0.05, 0.1) is 0 Å². The van der Waals surface area contributed by atoms with Gasteiger partial charge >= 0.3 is 0 Å². The molecule has 0 amide bonds. The van der Waals surface area contributed by atoms with E-state index in [0.29, 0.717) is 34.7 Å². The van der Waals surface area contributed by atoms with Gasteiger partial charge in [-0.2, -0.15) is 0 Å². The van der Waals surface area contributed by atoms with E-state index in [1.54, 1.807) is 0 Å². The minimum atomic E-state index is 0.257. The Labute approximate surface area is 187 Å². The molecule has 1 nitrogen and oxygen atoms in total. The predicted octanol–water partition coefficient (Wildman–Crippen LogP) is 7.88. The SMILES string of the molecule is CC(C)C1CCC2(C)C(CC=C3C4C(C)C(C)CCC4(C)CCC32C)C1(C)CCO. The normalized spacial score (nSPS) is 53.5. The van der Waals surface area contributed by atoms with Gasteiger partial charge in [0.2, 0.25) is 0 Å². The van der Waals surface area contributed by atoms with E-state index in [-0.39, 0.29) is 5.41 Å². The predicted molar refractivity (Wildman–Crippen MR) is 128 cm³/mol. The van der Waals surface area contributed by atoms with Crippen LogP contribution in [0.3, 0.4) is 0 Å². The highest BCUT2D eigenvalue weighted by Crippen LogP contribution is 2.73. The maximum Gasteiger partial charge on any atom is 0.0436 e. The molecule has 0 aromatic carbocycles. The van der Waals surface area contributed by atoms with Crippen LogP contribution in [-0.2, 0) is 0 Å². The lowest BCUT2D eigenvalue weighted by atomic mass is 9.35. The summed E-state index contributed by atoms with van der Waals surface area (Å²) in [4.78, 5) is 0. The molecule has 4 aliphatic rings. The molecule has 1 N–H and O–H groups in total. The fourth-order valence-electron chi connectivity index (χ4n) is 9.94. The van der Waals surface area contributed by atoms with Crippen LogP contribution in [0.25, 0.3) is 0 Å². The Morgan fingerprint density at radius 3 is 2.33 bits per heavy atom. The zero-order chi connectivity index (χ0) is 22.1. The highest BCUT2D eigenvalue weighted by Gasteiger charge is 2.65. The van der Waals surface area contributed by atoms with Crippen molar-refractivity contribution in [2.75, 3.05) is 6.61 Å². The van der Waals surface area contributed by atoms with Gasteiger partial charge in [0.25, 0.3) is 0 Å². The summed E-state index contributed by atoms with van der Waals surface area (Å²) in [6.07, 6.45) is 13.3. The molecule has 3 fully saturated rings. The first-order valence-corrected chi connectivity index (χ1v) is 13.3. The topological polar surface area (TPSA) is 20.2 Å². The van der Waals surface area contributed by atoms with E-state index in [2.05, 4.69) is 61.5 Å². The lowest BCUT2D eigenvalue weighted by molar-refractivity contribution is -0.158. The molecule has 0 aromatic heterocycles. The molecular weight excluding hydrogens is 364 g/mol. The molecule has 0 heterocycles. The molecule has 3 saturated carbocycles. The maximum atomic E-state index is 10.1. The lowest BCUT2D eigenvalue weighted by Gasteiger charge is -2.69. The van der Waals surface area contributed by atoms with E-state index in [1.165, 1.54) is 44.9 Å². The van der Waals surface area contributed by atoms with Gasteiger partial charge < -0.3 is 5.11 Å². The second-order valence-electron chi connectivity index (χ2n) is 13.6. The standard InChI is InChI=1S/C29H50O/c1-19(2)22-12-14-29(8)24(27(22,6)17-18-30)10-9-23-25-21(4)20(3)11-13-26(25,5)15-16-28(23,29)7/h9,19-22,24-25,30H,10-18H2,1-8H3. The third-order valence-electron chi connectivity index (χ3n) is 12.2. The lowest BCUT2D eigenvalue weighted by Crippen LogP contribution is -2.62. The summed E-state index contributed by atoms with van der Waals surface area (Å²) in [5, 5.41) is 10.1. The van der Waals surface area contributed by atoms with Crippen LogP contribution in [0.5, 0.6) is 0 Å². The van der Waals surface area contributed by atoms with Crippen LogP contribution in [0.1, 0.15) is 107 Å². The summed E-state index contributed by atoms with van der Waals surface area (Å²) in [6.45, 7) is 20.8. The molecule has 0 aromatic rings.